The van der Waals surface area contributed by atoms with E-state index in [1.54, 1.807) is 6.07 Å². The number of hydrogen-bond acceptors (Lipinski definition) is 3. The van der Waals surface area contributed by atoms with Crippen molar-refractivity contribution < 1.29 is 10.0 Å². The van der Waals surface area contributed by atoms with Crippen molar-refractivity contribution in [2.75, 3.05) is 13.1 Å². The lowest BCUT2D eigenvalue weighted by atomic mass is 9.78. The summed E-state index contributed by atoms with van der Waals surface area (Å²) in [4.78, 5) is 0. The molecule has 1 fully saturated rings. The van der Waals surface area contributed by atoms with Crippen molar-refractivity contribution in [3.05, 3.63) is 29.8 Å². The van der Waals surface area contributed by atoms with Gasteiger partial charge in [0.1, 0.15) is 0 Å². The van der Waals surface area contributed by atoms with Crippen molar-refractivity contribution >= 4 is 12.6 Å². The van der Waals surface area contributed by atoms with Crippen molar-refractivity contribution in [1.29, 1.82) is 0 Å². The largest absolute Gasteiger partial charge is 0.488 e. The molecular weight excluding hydrogens is 177 g/mol. The second-order valence-corrected chi connectivity index (χ2v) is 3.73. The normalized spacial score (nSPS) is 21.1. The molecule has 0 aromatic heterocycles. The van der Waals surface area contributed by atoms with Gasteiger partial charge in [0.05, 0.1) is 0 Å². The van der Waals surface area contributed by atoms with Gasteiger partial charge in [-0.1, -0.05) is 24.3 Å². The zero-order valence-corrected chi connectivity index (χ0v) is 7.98. The van der Waals surface area contributed by atoms with Crippen LogP contribution in [0.3, 0.4) is 0 Å². The molecule has 1 aromatic rings. The molecule has 1 heterocycles. The molecule has 14 heavy (non-hydrogen) atoms. The molecule has 0 bridgehead atoms. The Hall–Kier alpha value is -0.835. The second kappa shape index (κ2) is 4.13. The van der Waals surface area contributed by atoms with Crippen molar-refractivity contribution in [3.63, 3.8) is 0 Å². The summed E-state index contributed by atoms with van der Waals surface area (Å²) < 4.78 is 0. The van der Waals surface area contributed by atoms with Crippen LogP contribution in [0.5, 0.6) is 0 Å². The molecule has 0 amide bonds. The van der Waals surface area contributed by atoms with E-state index in [0.717, 1.165) is 19.5 Å². The quantitative estimate of drug-likeness (QED) is 0.549. The van der Waals surface area contributed by atoms with E-state index in [0.29, 0.717) is 11.4 Å². The molecule has 2 rings (SSSR count). The predicted octanol–water partition coefficient (Wildman–Crippen LogP) is -0.557. The molecule has 74 valence electrons. The Balaban J connectivity index is 2.21. The molecule has 1 atom stereocenters. The van der Waals surface area contributed by atoms with Crippen LogP contribution in [0.15, 0.2) is 24.3 Å². The van der Waals surface area contributed by atoms with Gasteiger partial charge in [-0.15, -0.1) is 0 Å². The summed E-state index contributed by atoms with van der Waals surface area (Å²) in [7, 11) is -1.36. The van der Waals surface area contributed by atoms with E-state index in [4.69, 9.17) is 10.0 Å². The molecule has 0 radical (unpaired) electrons. The fourth-order valence-electron chi connectivity index (χ4n) is 1.91. The van der Waals surface area contributed by atoms with Gasteiger partial charge < -0.3 is 15.4 Å². The first-order valence-corrected chi connectivity index (χ1v) is 4.94. The van der Waals surface area contributed by atoms with Crippen LogP contribution in [0.25, 0.3) is 0 Å². The van der Waals surface area contributed by atoms with E-state index in [2.05, 4.69) is 5.32 Å². The van der Waals surface area contributed by atoms with Crippen LogP contribution in [0, 0.1) is 0 Å². The van der Waals surface area contributed by atoms with E-state index >= 15 is 0 Å². The van der Waals surface area contributed by atoms with E-state index in [9.17, 15) is 0 Å². The number of rotatable bonds is 2. The molecule has 1 unspecified atom stereocenters. The molecule has 3 N–H and O–H groups in total. The van der Waals surface area contributed by atoms with E-state index in [1.807, 2.05) is 18.2 Å². The maximum absolute atomic E-state index is 9.03. The van der Waals surface area contributed by atoms with Crippen LogP contribution in [0.4, 0.5) is 0 Å². The Morgan fingerprint density at radius 1 is 1.36 bits per heavy atom. The molecule has 1 aromatic carbocycles. The Labute approximate surface area is 83.9 Å². The van der Waals surface area contributed by atoms with Gasteiger partial charge in [0.2, 0.25) is 0 Å². The molecule has 1 aliphatic rings. The Bertz CT molecular complexity index is 311. The van der Waals surface area contributed by atoms with Gasteiger partial charge >= 0.3 is 7.12 Å². The van der Waals surface area contributed by atoms with Crippen molar-refractivity contribution in [2.45, 2.75) is 12.3 Å². The third kappa shape index (κ3) is 1.98. The molecule has 0 aliphatic carbocycles. The first-order valence-electron chi connectivity index (χ1n) is 4.94. The lowest BCUT2D eigenvalue weighted by molar-refractivity contribution is 0.425. The summed E-state index contributed by atoms with van der Waals surface area (Å²) in [6, 6.07) is 7.53. The summed E-state index contributed by atoms with van der Waals surface area (Å²) in [6.45, 7) is 2.04. The highest BCUT2D eigenvalue weighted by molar-refractivity contribution is 6.58. The number of benzene rings is 1. The van der Waals surface area contributed by atoms with Crippen molar-refractivity contribution in [1.82, 2.24) is 5.32 Å². The SMILES string of the molecule is OB(O)c1cccc(C2CCNC2)c1. The maximum Gasteiger partial charge on any atom is 0.488 e. The molecule has 0 spiro atoms. The highest BCUT2D eigenvalue weighted by atomic mass is 16.4. The summed E-state index contributed by atoms with van der Waals surface area (Å²) >= 11 is 0. The smallest absolute Gasteiger partial charge is 0.423 e. The second-order valence-electron chi connectivity index (χ2n) is 3.73. The van der Waals surface area contributed by atoms with Gasteiger partial charge in [-0.05, 0) is 29.9 Å². The predicted molar refractivity (Wildman–Crippen MR) is 56.5 cm³/mol. The summed E-state index contributed by atoms with van der Waals surface area (Å²) in [6.07, 6.45) is 1.13. The standard InChI is InChI=1S/C10H14BNO2/c13-11(14)10-3-1-2-8(6-10)9-4-5-12-7-9/h1-3,6,9,12-14H,4-5,7H2. The van der Waals surface area contributed by atoms with Crippen LogP contribution in [-0.4, -0.2) is 30.3 Å². The Kier molecular flexibility index (Phi) is 2.86. The van der Waals surface area contributed by atoms with Gasteiger partial charge in [0.25, 0.3) is 0 Å². The zero-order valence-electron chi connectivity index (χ0n) is 7.98. The topological polar surface area (TPSA) is 52.5 Å². The Morgan fingerprint density at radius 3 is 2.86 bits per heavy atom. The molecular formula is C10H14BNO2. The molecule has 1 aliphatic heterocycles. The van der Waals surface area contributed by atoms with Crippen LogP contribution in [0.1, 0.15) is 17.9 Å². The lowest BCUT2D eigenvalue weighted by Gasteiger charge is -2.10. The first kappa shape index (κ1) is 9.71. The average Bonchev–Trinajstić information content (AvgIpc) is 2.71. The van der Waals surface area contributed by atoms with Crippen LogP contribution >= 0.6 is 0 Å². The van der Waals surface area contributed by atoms with Crippen molar-refractivity contribution in [2.24, 2.45) is 0 Å². The highest BCUT2D eigenvalue weighted by Gasteiger charge is 2.18. The monoisotopic (exact) mass is 191 g/mol. The van der Waals surface area contributed by atoms with E-state index in [1.165, 1.54) is 5.56 Å². The fraction of sp³-hybridized carbons (Fsp3) is 0.400. The Morgan fingerprint density at radius 2 is 2.21 bits per heavy atom. The summed E-state index contributed by atoms with van der Waals surface area (Å²) in [5, 5.41) is 21.4. The summed E-state index contributed by atoms with van der Waals surface area (Å²) in [5.74, 6) is 0.522. The molecule has 4 heteroatoms. The average molecular weight is 191 g/mol. The minimum absolute atomic E-state index is 0.522. The van der Waals surface area contributed by atoms with Crippen LogP contribution in [-0.2, 0) is 0 Å². The summed E-state index contributed by atoms with van der Waals surface area (Å²) in [5.41, 5.74) is 1.77. The van der Waals surface area contributed by atoms with Gasteiger partial charge in [-0.3, -0.25) is 0 Å². The fourth-order valence-corrected chi connectivity index (χ4v) is 1.91. The van der Waals surface area contributed by atoms with E-state index in [-0.39, 0.29) is 0 Å². The minimum atomic E-state index is -1.36. The van der Waals surface area contributed by atoms with Gasteiger partial charge in [-0.25, -0.2) is 0 Å². The van der Waals surface area contributed by atoms with Gasteiger partial charge in [0.15, 0.2) is 0 Å². The third-order valence-corrected chi connectivity index (χ3v) is 2.74. The molecule has 0 saturated carbocycles. The van der Waals surface area contributed by atoms with Gasteiger partial charge in [0, 0.05) is 6.54 Å². The van der Waals surface area contributed by atoms with Crippen LogP contribution < -0.4 is 10.8 Å². The van der Waals surface area contributed by atoms with Gasteiger partial charge in [-0.2, -0.15) is 0 Å². The molecule has 3 nitrogen and oxygen atoms in total. The maximum atomic E-state index is 9.03. The van der Waals surface area contributed by atoms with Crippen molar-refractivity contribution in [3.8, 4) is 0 Å². The number of nitrogens with one attached hydrogen (secondary N) is 1. The van der Waals surface area contributed by atoms with Crippen LogP contribution in [0.2, 0.25) is 0 Å². The zero-order chi connectivity index (χ0) is 9.97. The number of hydrogen-bond donors (Lipinski definition) is 3. The minimum Gasteiger partial charge on any atom is -0.423 e. The first-order chi connectivity index (χ1) is 6.77. The highest BCUT2D eigenvalue weighted by Crippen LogP contribution is 2.20. The van der Waals surface area contributed by atoms with E-state index < -0.39 is 7.12 Å². The lowest BCUT2D eigenvalue weighted by Crippen LogP contribution is -2.30. The molecule has 1 saturated heterocycles. The third-order valence-electron chi connectivity index (χ3n) is 2.74.